The van der Waals surface area contributed by atoms with Gasteiger partial charge in [-0.1, -0.05) is 25.1 Å². The van der Waals surface area contributed by atoms with Gasteiger partial charge < -0.3 is 10.2 Å². The average Bonchev–Trinajstić information content (AvgIpc) is 2.61. The first kappa shape index (κ1) is 12.0. The van der Waals surface area contributed by atoms with E-state index in [1.165, 1.54) is 44.5 Å². The summed E-state index contributed by atoms with van der Waals surface area (Å²) >= 11 is 0. The van der Waals surface area contributed by atoms with E-state index < -0.39 is 0 Å². The molecule has 18 heavy (non-hydrogen) atoms. The lowest BCUT2D eigenvalue weighted by atomic mass is 9.95. The normalized spacial score (nSPS) is 28.6. The SMILES string of the molecule is CC1CNCC(N2CCCCc3ccccc32)C1. The summed E-state index contributed by atoms with van der Waals surface area (Å²) in [5.41, 5.74) is 3.05. The molecule has 0 radical (unpaired) electrons. The van der Waals surface area contributed by atoms with Crippen molar-refractivity contribution in [3.8, 4) is 0 Å². The quantitative estimate of drug-likeness (QED) is 0.817. The van der Waals surface area contributed by atoms with Gasteiger partial charge in [0.15, 0.2) is 0 Å². The van der Waals surface area contributed by atoms with Crippen molar-refractivity contribution in [3.05, 3.63) is 29.8 Å². The number of nitrogens with one attached hydrogen (secondary N) is 1. The zero-order chi connectivity index (χ0) is 12.4. The summed E-state index contributed by atoms with van der Waals surface area (Å²) in [5, 5.41) is 3.59. The van der Waals surface area contributed by atoms with Gasteiger partial charge in [0.1, 0.15) is 0 Å². The van der Waals surface area contributed by atoms with Crippen LogP contribution in [0.15, 0.2) is 24.3 Å². The number of benzene rings is 1. The van der Waals surface area contributed by atoms with Crippen LogP contribution in [0.1, 0.15) is 31.7 Å². The number of fused-ring (bicyclic) bond motifs is 1. The van der Waals surface area contributed by atoms with Crippen LogP contribution in [-0.4, -0.2) is 25.7 Å². The molecule has 0 saturated carbocycles. The van der Waals surface area contributed by atoms with Crippen molar-refractivity contribution in [1.82, 2.24) is 5.32 Å². The van der Waals surface area contributed by atoms with Crippen LogP contribution in [0.25, 0.3) is 0 Å². The summed E-state index contributed by atoms with van der Waals surface area (Å²) in [5.74, 6) is 0.805. The maximum absolute atomic E-state index is 3.59. The molecule has 2 heteroatoms. The zero-order valence-corrected chi connectivity index (χ0v) is 11.4. The molecular formula is C16H24N2. The van der Waals surface area contributed by atoms with Gasteiger partial charge in [-0.25, -0.2) is 0 Å². The van der Waals surface area contributed by atoms with E-state index in [9.17, 15) is 0 Å². The molecule has 2 atom stereocenters. The molecule has 3 rings (SSSR count). The van der Waals surface area contributed by atoms with Gasteiger partial charge in [0.05, 0.1) is 0 Å². The molecule has 2 aliphatic rings. The fraction of sp³-hybridized carbons (Fsp3) is 0.625. The van der Waals surface area contributed by atoms with Gasteiger partial charge in [-0.05, 0) is 49.8 Å². The van der Waals surface area contributed by atoms with Crippen molar-refractivity contribution < 1.29 is 0 Å². The highest BCUT2D eigenvalue weighted by atomic mass is 15.2. The first-order valence-corrected chi connectivity index (χ1v) is 7.40. The van der Waals surface area contributed by atoms with Gasteiger partial charge in [-0.3, -0.25) is 0 Å². The van der Waals surface area contributed by atoms with Crippen LogP contribution in [-0.2, 0) is 6.42 Å². The number of nitrogens with zero attached hydrogens (tertiary/aromatic N) is 1. The number of para-hydroxylation sites is 1. The van der Waals surface area contributed by atoms with Crippen LogP contribution in [0.5, 0.6) is 0 Å². The fourth-order valence-electron chi connectivity index (χ4n) is 3.46. The minimum Gasteiger partial charge on any atom is -0.367 e. The Bertz CT molecular complexity index is 402. The maximum Gasteiger partial charge on any atom is 0.0417 e. The molecular weight excluding hydrogens is 220 g/mol. The number of hydrogen-bond donors (Lipinski definition) is 1. The monoisotopic (exact) mass is 244 g/mol. The van der Waals surface area contributed by atoms with E-state index in [0.717, 1.165) is 12.5 Å². The molecule has 0 spiro atoms. The Balaban J connectivity index is 1.86. The van der Waals surface area contributed by atoms with Crippen LogP contribution in [0.4, 0.5) is 5.69 Å². The van der Waals surface area contributed by atoms with Crippen LogP contribution < -0.4 is 10.2 Å². The second-order valence-corrected chi connectivity index (χ2v) is 5.93. The largest absolute Gasteiger partial charge is 0.367 e. The molecule has 2 heterocycles. The van der Waals surface area contributed by atoms with E-state index >= 15 is 0 Å². The standard InChI is InChI=1S/C16H24N2/c1-13-10-15(12-17-11-13)18-9-5-4-7-14-6-2-3-8-16(14)18/h2-3,6,8,13,15,17H,4-5,7,9-12H2,1H3. The Morgan fingerprint density at radius 3 is 2.94 bits per heavy atom. The Labute approximate surface area is 110 Å². The van der Waals surface area contributed by atoms with Gasteiger partial charge in [0, 0.05) is 24.8 Å². The Kier molecular flexibility index (Phi) is 3.55. The van der Waals surface area contributed by atoms with Gasteiger partial charge in [-0.2, -0.15) is 0 Å². The van der Waals surface area contributed by atoms with Gasteiger partial charge in [0.2, 0.25) is 0 Å². The van der Waals surface area contributed by atoms with Crippen molar-refractivity contribution >= 4 is 5.69 Å². The Morgan fingerprint density at radius 1 is 1.17 bits per heavy atom. The van der Waals surface area contributed by atoms with Crippen LogP contribution in [0.2, 0.25) is 0 Å². The summed E-state index contributed by atoms with van der Waals surface area (Å²) in [6.07, 6.45) is 5.26. The number of anilines is 1. The summed E-state index contributed by atoms with van der Waals surface area (Å²) < 4.78 is 0. The summed E-state index contributed by atoms with van der Waals surface area (Å²) in [4.78, 5) is 2.67. The maximum atomic E-state index is 3.59. The van der Waals surface area contributed by atoms with Crippen molar-refractivity contribution in [3.63, 3.8) is 0 Å². The number of piperidine rings is 1. The highest BCUT2D eigenvalue weighted by molar-refractivity contribution is 5.55. The second kappa shape index (κ2) is 5.31. The Morgan fingerprint density at radius 2 is 2.06 bits per heavy atom. The summed E-state index contributed by atoms with van der Waals surface area (Å²) in [7, 11) is 0. The topological polar surface area (TPSA) is 15.3 Å². The molecule has 1 aromatic rings. The molecule has 2 nitrogen and oxygen atoms in total. The molecule has 0 bridgehead atoms. The number of rotatable bonds is 1. The van der Waals surface area contributed by atoms with Gasteiger partial charge in [-0.15, -0.1) is 0 Å². The predicted molar refractivity (Wildman–Crippen MR) is 77.2 cm³/mol. The third kappa shape index (κ3) is 2.39. The highest BCUT2D eigenvalue weighted by Gasteiger charge is 2.26. The third-order valence-corrected chi connectivity index (χ3v) is 4.38. The first-order chi connectivity index (χ1) is 8.84. The first-order valence-electron chi connectivity index (χ1n) is 7.40. The fourth-order valence-corrected chi connectivity index (χ4v) is 3.46. The minimum atomic E-state index is 0.688. The van der Waals surface area contributed by atoms with E-state index in [1.54, 1.807) is 5.56 Å². The molecule has 0 aliphatic carbocycles. The highest BCUT2D eigenvalue weighted by Crippen LogP contribution is 2.30. The lowest BCUT2D eigenvalue weighted by Crippen LogP contribution is -2.49. The van der Waals surface area contributed by atoms with E-state index in [2.05, 4.69) is 41.4 Å². The smallest absolute Gasteiger partial charge is 0.0417 e. The molecule has 1 saturated heterocycles. The summed E-state index contributed by atoms with van der Waals surface area (Å²) in [6, 6.07) is 9.70. The molecule has 1 fully saturated rings. The van der Waals surface area contributed by atoms with E-state index in [0.29, 0.717) is 6.04 Å². The number of hydrogen-bond acceptors (Lipinski definition) is 2. The van der Waals surface area contributed by atoms with E-state index in [-0.39, 0.29) is 0 Å². The van der Waals surface area contributed by atoms with Crippen LogP contribution in [0.3, 0.4) is 0 Å². The van der Waals surface area contributed by atoms with Crippen LogP contribution in [0, 0.1) is 5.92 Å². The second-order valence-electron chi connectivity index (χ2n) is 5.93. The minimum absolute atomic E-state index is 0.688. The summed E-state index contributed by atoms with van der Waals surface area (Å²) in [6.45, 7) is 5.93. The molecule has 98 valence electrons. The van der Waals surface area contributed by atoms with Crippen molar-refractivity contribution in [2.24, 2.45) is 5.92 Å². The molecule has 1 aromatic carbocycles. The molecule has 2 unspecified atom stereocenters. The molecule has 1 N–H and O–H groups in total. The molecule has 0 aromatic heterocycles. The van der Waals surface area contributed by atoms with Crippen LogP contribution >= 0.6 is 0 Å². The lowest BCUT2D eigenvalue weighted by molar-refractivity contribution is 0.348. The van der Waals surface area contributed by atoms with Crippen molar-refractivity contribution in [1.29, 1.82) is 0 Å². The zero-order valence-electron chi connectivity index (χ0n) is 11.4. The third-order valence-electron chi connectivity index (χ3n) is 4.38. The van der Waals surface area contributed by atoms with Gasteiger partial charge in [0.25, 0.3) is 0 Å². The Hall–Kier alpha value is -1.02. The van der Waals surface area contributed by atoms with Gasteiger partial charge >= 0.3 is 0 Å². The predicted octanol–water partition coefficient (Wildman–Crippen LogP) is 2.83. The van der Waals surface area contributed by atoms with Crippen molar-refractivity contribution in [2.45, 2.75) is 38.6 Å². The van der Waals surface area contributed by atoms with Crippen molar-refractivity contribution in [2.75, 3.05) is 24.5 Å². The number of aryl methyl sites for hydroxylation is 1. The molecule has 0 amide bonds. The lowest BCUT2D eigenvalue weighted by Gasteiger charge is -2.38. The average molecular weight is 244 g/mol. The van der Waals surface area contributed by atoms with E-state index in [4.69, 9.17) is 0 Å². The molecule has 2 aliphatic heterocycles. The van der Waals surface area contributed by atoms with E-state index in [1.807, 2.05) is 0 Å².